The predicted octanol–water partition coefficient (Wildman–Crippen LogP) is 2.80. The first-order chi connectivity index (χ1) is 7.26. The molecule has 1 aromatic rings. The molecule has 0 bridgehead atoms. The number of hydrogen-bond acceptors (Lipinski definition) is 1. The average molecular weight is 270 g/mol. The SMILES string of the molecule is O=c1ccccn1CC1(CBr)CCCC1. The lowest BCUT2D eigenvalue weighted by Gasteiger charge is -2.27. The first-order valence-corrected chi connectivity index (χ1v) is 6.59. The van der Waals surface area contributed by atoms with E-state index in [0.29, 0.717) is 5.41 Å². The molecule has 0 aromatic carbocycles. The summed E-state index contributed by atoms with van der Waals surface area (Å²) < 4.78 is 1.84. The summed E-state index contributed by atoms with van der Waals surface area (Å²) in [5.74, 6) is 0. The Bertz CT molecular complexity index is 379. The summed E-state index contributed by atoms with van der Waals surface area (Å²) in [6.07, 6.45) is 6.96. The monoisotopic (exact) mass is 269 g/mol. The smallest absolute Gasteiger partial charge is 0.250 e. The minimum atomic E-state index is 0.115. The quantitative estimate of drug-likeness (QED) is 0.774. The van der Waals surface area contributed by atoms with Gasteiger partial charge in [0.05, 0.1) is 0 Å². The fraction of sp³-hybridized carbons (Fsp3) is 0.583. The Labute approximate surface area is 98.4 Å². The second kappa shape index (κ2) is 4.52. The van der Waals surface area contributed by atoms with E-state index >= 15 is 0 Å². The molecule has 2 nitrogen and oxygen atoms in total. The van der Waals surface area contributed by atoms with E-state index in [4.69, 9.17) is 0 Å². The first-order valence-electron chi connectivity index (χ1n) is 5.47. The highest BCUT2D eigenvalue weighted by Gasteiger charge is 2.33. The van der Waals surface area contributed by atoms with E-state index < -0.39 is 0 Å². The number of aromatic nitrogens is 1. The van der Waals surface area contributed by atoms with E-state index in [2.05, 4.69) is 15.9 Å². The number of rotatable bonds is 3. The van der Waals surface area contributed by atoms with Crippen LogP contribution in [0.5, 0.6) is 0 Å². The number of nitrogens with zero attached hydrogens (tertiary/aromatic N) is 1. The zero-order chi connectivity index (χ0) is 10.7. The maximum atomic E-state index is 11.6. The van der Waals surface area contributed by atoms with E-state index in [1.165, 1.54) is 25.7 Å². The van der Waals surface area contributed by atoms with Gasteiger partial charge in [0.25, 0.3) is 5.56 Å². The van der Waals surface area contributed by atoms with Crippen LogP contribution in [0.4, 0.5) is 0 Å². The number of alkyl halides is 1. The summed E-state index contributed by atoms with van der Waals surface area (Å²) >= 11 is 3.60. The van der Waals surface area contributed by atoms with Gasteiger partial charge in [0.2, 0.25) is 0 Å². The van der Waals surface area contributed by atoms with E-state index in [-0.39, 0.29) is 5.56 Å². The zero-order valence-electron chi connectivity index (χ0n) is 8.79. The van der Waals surface area contributed by atoms with Gasteiger partial charge in [-0.3, -0.25) is 4.79 Å². The van der Waals surface area contributed by atoms with Crippen LogP contribution in [0.3, 0.4) is 0 Å². The Morgan fingerprint density at radius 2 is 2.07 bits per heavy atom. The minimum absolute atomic E-state index is 0.115. The summed E-state index contributed by atoms with van der Waals surface area (Å²) in [6, 6.07) is 5.36. The molecule has 0 amide bonds. The van der Waals surface area contributed by atoms with Crippen molar-refractivity contribution < 1.29 is 0 Å². The largest absolute Gasteiger partial charge is 0.315 e. The lowest BCUT2D eigenvalue weighted by atomic mass is 9.88. The van der Waals surface area contributed by atoms with Crippen LogP contribution in [0.1, 0.15) is 25.7 Å². The fourth-order valence-electron chi connectivity index (χ4n) is 2.41. The Kier molecular flexibility index (Phi) is 3.29. The van der Waals surface area contributed by atoms with Crippen molar-refractivity contribution in [1.29, 1.82) is 0 Å². The first kappa shape index (κ1) is 10.9. The maximum Gasteiger partial charge on any atom is 0.250 e. The molecule has 0 aliphatic heterocycles. The van der Waals surface area contributed by atoms with Crippen molar-refractivity contribution in [2.24, 2.45) is 5.41 Å². The highest BCUT2D eigenvalue weighted by atomic mass is 79.9. The molecule has 2 rings (SSSR count). The Hall–Kier alpha value is -0.570. The molecular formula is C12H16BrNO. The van der Waals surface area contributed by atoms with Crippen LogP contribution in [0.15, 0.2) is 29.2 Å². The molecule has 1 aliphatic carbocycles. The van der Waals surface area contributed by atoms with E-state index in [1.807, 2.05) is 16.8 Å². The van der Waals surface area contributed by atoms with Crippen molar-refractivity contribution in [3.05, 3.63) is 34.7 Å². The summed E-state index contributed by atoms with van der Waals surface area (Å²) in [5, 5.41) is 1.00. The van der Waals surface area contributed by atoms with Crippen LogP contribution < -0.4 is 5.56 Å². The lowest BCUT2D eigenvalue weighted by molar-refractivity contribution is 0.288. The molecule has 82 valence electrons. The van der Waals surface area contributed by atoms with Crippen molar-refractivity contribution in [1.82, 2.24) is 4.57 Å². The average Bonchev–Trinajstić information content (AvgIpc) is 2.71. The molecule has 1 saturated carbocycles. The standard InChI is InChI=1S/C12H16BrNO/c13-9-12(6-2-3-7-12)10-14-8-4-1-5-11(14)15/h1,4-5,8H,2-3,6-7,9-10H2. The Morgan fingerprint density at radius 1 is 1.33 bits per heavy atom. The van der Waals surface area contributed by atoms with Crippen molar-refractivity contribution in [3.63, 3.8) is 0 Å². The second-order valence-electron chi connectivity index (χ2n) is 4.51. The summed E-state index contributed by atoms with van der Waals surface area (Å²) in [4.78, 5) is 11.6. The van der Waals surface area contributed by atoms with Gasteiger partial charge in [0.1, 0.15) is 0 Å². The minimum Gasteiger partial charge on any atom is -0.315 e. The van der Waals surface area contributed by atoms with Crippen LogP contribution >= 0.6 is 15.9 Å². The second-order valence-corrected chi connectivity index (χ2v) is 5.07. The van der Waals surface area contributed by atoms with Gasteiger partial charge >= 0.3 is 0 Å². The van der Waals surface area contributed by atoms with Crippen molar-refractivity contribution >= 4 is 15.9 Å². The third kappa shape index (κ3) is 2.33. The molecule has 15 heavy (non-hydrogen) atoms. The molecular weight excluding hydrogens is 254 g/mol. The predicted molar refractivity (Wildman–Crippen MR) is 65.4 cm³/mol. The van der Waals surface area contributed by atoms with Gasteiger partial charge in [0.15, 0.2) is 0 Å². The van der Waals surface area contributed by atoms with Gasteiger partial charge < -0.3 is 4.57 Å². The zero-order valence-corrected chi connectivity index (χ0v) is 10.4. The van der Waals surface area contributed by atoms with Gasteiger partial charge in [0, 0.05) is 24.1 Å². The van der Waals surface area contributed by atoms with Crippen molar-refractivity contribution in [2.45, 2.75) is 32.2 Å². The molecule has 0 N–H and O–H groups in total. The molecule has 0 spiro atoms. The van der Waals surface area contributed by atoms with Crippen LogP contribution in [0.2, 0.25) is 0 Å². The summed E-state index contributed by atoms with van der Waals surface area (Å²) in [7, 11) is 0. The molecule has 1 fully saturated rings. The maximum absolute atomic E-state index is 11.6. The Morgan fingerprint density at radius 3 is 2.67 bits per heavy atom. The van der Waals surface area contributed by atoms with Crippen LogP contribution in [0.25, 0.3) is 0 Å². The van der Waals surface area contributed by atoms with E-state index in [9.17, 15) is 4.79 Å². The Balaban J connectivity index is 2.20. The number of halogens is 1. The molecule has 1 aromatic heterocycles. The van der Waals surface area contributed by atoms with Gasteiger partial charge in [-0.1, -0.05) is 34.8 Å². The fourth-order valence-corrected chi connectivity index (χ4v) is 3.15. The number of pyridine rings is 1. The summed E-state index contributed by atoms with van der Waals surface area (Å²) in [6.45, 7) is 0.859. The molecule has 0 saturated heterocycles. The molecule has 0 radical (unpaired) electrons. The van der Waals surface area contributed by atoms with Crippen molar-refractivity contribution in [2.75, 3.05) is 5.33 Å². The molecule has 0 atom stereocenters. The van der Waals surface area contributed by atoms with Crippen molar-refractivity contribution in [3.8, 4) is 0 Å². The number of hydrogen-bond donors (Lipinski definition) is 0. The lowest BCUT2D eigenvalue weighted by Crippen LogP contribution is -2.30. The highest BCUT2D eigenvalue weighted by molar-refractivity contribution is 9.09. The van der Waals surface area contributed by atoms with Gasteiger partial charge in [-0.25, -0.2) is 0 Å². The molecule has 3 heteroatoms. The highest BCUT2D eigenvalue weighted by Crippen LogP contribution is 2.40. The van der Waals surface area contributed by atoms with Crippen LogP contribution in [0, 0.1) is 5.41 Å². The topological polar surface area (TPSA) is 22.0 Å². The molecule has 1 heterocycles. The van der Waals surface area contributed by atoms with Gasteiger partial charge in [-0.15, -0.1) is 0 Å². The van der Waals surface area contributed by atoms with Gasteiger partial charge in [-0.05, 0) is 24.3 Å². The third-order valence-corrected chi connectivity index (χ3v) is 4.54. The van der Waals surface area contributed by atoms with E-state index in [0.717, 1.165) is 11.9 Å². The van der Waals surface area contributed by atoms with Crippen LogP contribution in [-0.2, 0) is 6.54 Å². The summed E-state index contributed by atoms with van der Waals surface area (Å²) in [5.41, 5.74) is 0.426. The molecule has 1 aliphatic rings. The third-order valence-electron chi connectivity index (χ3n) is 3.35. The van der Waals surface area contributed by atoms with E-state index in [1.54, 1.807) is 12.1 Å². The normalized spacial score (nSPS) is 19.3. The molecule has 0 unspecified atom stereocenters. The van der Waals surface area contributed by atoms with Crippen LogP contribution in [-0.4, -0.2) is 9.90 Å². The van der Waals surface area contributed by atoms with Gasteiger partial charge in [-0.2, -0.15) is 0 Å².